The lowest BCUT2D eigenvalue weighted by Gasteiger charge is -2.12. The summed E-state index contributed by atoms with van der Waals surface area (Å²) in [5, 5.41) is 2.97. The van der Waals surface area contributed by atoms with Gasteiger partial charge in [-0.15, -0.1) is 0 Å². The Morgan fingerprint density at radius 2 is 2.38 bits per heavy atom. The minimum absolute atomic E-state index is 0.0926. The van der Waals surface area contributed by atoms with Gasteiger partial charge in [0.05, 0.1) is 0 Å². The molecule has 1 aliphatic heterocycles. The van der Waals surface area contributed by atoms with Crippen molar-refractivity contribution in [3.8, 4) is 0 Å². The quantitative estimate of drug-likeness (QED) is 0.858. The van der Waals surface area contributed by atoms with E-state index in [1.807, 2.05) is 11.8 Å². The molecule has 1 heterocycles. The van der Waals surface area contributed by atoms with Crippen LogP contribution in [0.1, 0.15) is 22.3 Å². The van der Waals surface area contributed by atoms with Crippen molar-refractivity contribution >= 4 is 17.7 Å². The van der Waals surface area contributed by atoms with Crippen LogP contribution in [-0.2, 0) is 0 Å². The first-order valence-corrected chi connectivity index (χ1v) is 6.47. The number of rotatable bonds is 2. The number of nitrogens with one attached hydrogen (secondary N) is 1. The summed E-state index contributed by atoms with van der Waals surface area (Å²) < 4.78 is 12.9. The Hall–Kier alpha value is -1.03. The van der Waals surface area contributed by atoms with Gasteiger partial charge >= 0.3 is 0 Å². The van der Waals surface area contributed by atoms with E-state index in [-0.39, 0.29) is 17.8 Å². The lowest BCUT2D eigenvalue weighted by Crippen LogP contribution is -2.34. The lowest BCUT2D eigenvalue weighted by molar-refractivity contribution is 0.0940. The van der Waals surface area contributed by atoms with E-state index >= 15 is 0 Å². The van der Waals surface area contributed by atoms with E-state index in [1.54, 1.807) is 13.0 Å². The molecule has 4 heteroatoms. The molecule has 1 aromatic carbocycles. The maximum atomic E-state index is 12.9. The summed E-state index contributed by atoms with van der Waals surface area (Å²) in [5.41, 5.74) is 1.25. The van der Waals surface area contributed by atoms with Crippen molar-refractivity contribution in [3.05, 3.63) is 35.1 Å². The second kappa shape index (κ2) is 4.87. The second-order valence-corrected chi connectivity index (χ2v) is 5.14. The number of carbonyl (C=O) groups is 1. The van der Waals surface area contributed by atoms with Crippen molar-refractivity contribution in [2.75, 3.05) is 11.5 Å². The summed E-state index contributed by atoms with van der Waals surface area (Å²) in [6, 6.07) is 4.52. The van der Waals surface area contributed by atoms with Gasteiger partial charge in [0.2, 0.25) is 0 Å². The third kappa shape index (κ3) is 2.55. The van der Waals surface area contributed by atoms with Crippen LogP contribution in [0.15, 0.2) is 18.2 Å². The van der Waals surface area contributed by atoms with Gasteiger partial charge in [0.1, 0.15) is 5.82 Å². The molecule has 1 N–H and O–H groups in total. The zero-order chi connectivity index (χ0) is 11.5. The Kier molecular flexibility index (Phi) is 3.49. The molecule has 16 heavy (non-hydrogen) atoms. The highest BCUT2D eigenvalue weighted by atomic mass is 32.2. The Balaban J connectivity index is 2.08. The van der Waals surface area contributed by atoms with Gasteiger partial charge in [0, 0.05) is 17.4 Å². The molecule has 0 bridgehead atoms. The van der Waals surface area contributed by atoms with Crippen LogP contribution in [-0.4, -0.2) is 23.5 Å². The SMILES string of the molecule is Cc1cc(F)ccc1C(=O)NC1CCSC1. The van der Waals surface area contributed by atoms with Gasteiger partial charge in [-0.25, -0.2) is 4.39 Å². The molecule has 2 nitrogen and oxygen atoms in total. The third-order valence-electron chi connectivity index (χ3n) is 2.70. The molecule has 1 aromatic rings. The van der Waals surface area contributed by atoms with Crippen molar-refractivity contribution in [2.24, 2.45) is 0 Å². The number of amides is 1. The molecule has 1 unspecified atom stereocenters. The van der Waals surface area contributed by atoms with Crippen LogP contribution in [0.3, 0.4) is 0 Å². The number of benzene rings is 1. The van der Waals surface area contributed by atoms with E-state index in [9.17, 15) is 9.18 Å². The number of carbonyl (C=O) groups excluding carboxylic acids is 1. The van der Waals surface area contributed by atoms with Crippen LogP contribution >= 0.6 is 11.8 Å². The summed E-state index contributed by atoms with van der Waals surface area (Å²) in [7, 11) is 0. The summed E-state index contributed by atoms with van der Waals surface area (Å²) in [6.07, 6.45) is 1.02. The van der Waals surface area contributed by atoms with Crippen molar-refractivity contribution in [3.63, 3.8) is 0 Å². The lowest BCUT2D eigenvalue weighted by atomic mass is 10.1. The zero-order valence-corrected chi connectivity index (χ0v) is 9.94. The molecule has 1 atom stereocenters. The highest BCUT2D eigenvalue weighted by Crippen LogP contribution is 2.18. The first kappa shape index (κ1) is 11.5. The zero-order valence-electron chi connectivity index (χ0n) is 9.13. The fourth-order valence-electron chi connectivity index (χ4n) is 1.79. The molecular weight excluding hydrogens is 225 g/mol. The van der Waals surface area contributed by atoms with Crippen molar-refractivity contribution in [2.45, 2.75) is 19.4 Å². The Morgan fingerprint density at radius 1 is 1.56 bits per heavy atom. The molecule has 0 aliphatic carbocycles. The molecule has 1 fully saturated rings. The van der Waals surface area contributed by atoms with Gasteiger partial charge in [0.25, 0.3) is 5.91 Å². The standard InChI is InChI=1S/C12H14FNOS/c1-8-6-9(13)2-3-11(8)12(15)14-10-4-5-16-7-10/h2-3,6,10H,4-5,7H2,1H3,(H,14,15). The molecular formula is C12H14FNOS. The third-order valence-corrected chi connectivity index (χ3v) is 3.86. The number of hydrogen-bond acceptors (Lipinski definition) is 2. The van der Waals surface area contributed by atoms with Gasteiger partial charge in [-0.05, 0) is 42.9 Å². The Bertz CT molecular complexity index is 402. The average molecular weight is 239 g/mol. The monoisotopic (exact) mass is 239 g/mol. The smallest absolute Gasteiger partial charge is 0.251 e. The topological polar surface area (TPSA) is 29.1 Å². The predicted octanol–water partition coefficient (Wildman–Crippen LogP) is 2.37. The summed E-state index contributed by atoms with van der Waals surface area (Å²) in [6.45, 7) is 1.75. The van der Waals surface area contributed by atoms with E-state index in [0.29, 0.717) is 11.1 Å². The maximum absolute atomic E-state index is 12.9. The predicted molar refractivity (Wildman–Crippen MR) is 64.3 cm³/mol. The average Bonchev–Trinajstić information content (AvgIpc) is 2.70. The van der Waals surface area contributed by atoms with E-state index in [0.717, 1.165) is 17.9 Å². The molecule has 1 amide bonds. The molecule has 1 aliphatic rings. The second-order valence-electron chi connectivity index (χ2n) is 3.99. The van der Waals surface area contributed by atoms with Gasteiger partial charge in [-0.1, -0.05) is 0 Å². The van der Waals surface area contributed by atoms with Crippen molar-refractivity contribution in [1.82, 2.24) is 5.32 Å². The Labute approximate surface area is 98.6 Å². The van der Waals surface area contributed by atoms with Gasteiger partial charge < -0.3 is 5.32 Å². The highest BCUT2D eigenvalue weighted by Gasteiger charge is 2.19. The number of aryl methyl sites for hydroxylation is 1. The van der Waals surface area contributed by atoms with Crippen LogP contribution in [0.25, 0.3) is 0 Å². The highest BCUT2D eigenvalue weighted by molar-refractivity contribution is 7.99. The number of hydrogen-bond donors (Lipinski definition) is 1. The maximum Gasteiger partial charge on any atom is 0.251 e. The van der Waals surface area contributed by atoms with E-state index in [4.69, 9.17) is 0 Å². The van der Waals surface area contributed by atoms with Crippen LogP contribution in [0.2, 0.25) is 0 Å². The normalized spacial score (nSPS) is 19.8. The van der Waals surface area contributed by atoms with Gasteiger partial charge in [-0.3, -0.25) is 4.79 Å². The van der Waals surface area contributed by atoms with Gasteiger partial charge in [-0.2, -0.15) is 11.8 Å². The largest absolute Gasteiger partial charge is 0.348 e. The van der Waals surface area contributed by atoms with Crippen molar-refractivity contribution in [1.29, 1.82) is 0 Å². The molecule has 0 radical (unpaired) electrons. The molecule has 0 saturated carbocycles. The summed E-state index contributed by atoms with van der Waals surface area (Å²) in [4.78, 5) is 11.9. The minimum Gasteiger partial charge on any atom is -0.348 e. The number of halogens is 1. The van der Waals surface area contributed by atoms with Gasteiger partial charge in [0.15, 0.2) is 0 Å². The minimum atomic E-state index is -0.300. The van der Waals surface area contributed by atoms with E-state index in [2.05, 4.69) is 5.32 Å². The molecule has 86 valence electrons. The molecule has 0 spiro atoms. The first-order chi connectivity index (χ1) is 7.66. The van der Waals surface area contributed by atoms with Crippen LogP contribution in [0, 0.1) is 12.7 Å². The molecule has 2 rings (SSSR count). The Morgan fingerprint density at radius 3 is 3.00 bits per heavy atom. The summed E-state index contributed by atoms with van der Waals surface area (Å²) in [5.74, 6) is 1.69. The molecule has 1 saturated heterocycles. The van der Waals surface area contributed by atoms with E-state index < -0.39 is 0 Å². The van der Waals surface area contributed by atoms with Crippen molar-refractivity contribution < 1.29 is 9.18 Å². The number of thioether (sulfide) groups is 1. The first-order valence-electron chi connectivity index (χ1n) is 5.31. The van der Waals surface area contributed by atoms with Crippen LogP contribution in [0.5, 0.6) is 0 Å². The van der Waals surface area contributed by atoms with E-state index in [1.165, 1.54) is 12.1 Å². The van der Waals surface area contributed by atoms with Crippen LogP contribution in [0.4, 0.5) is 4.39 Å². The van der Waals surface area contributed by atoms with Crippen LogP contribution < -0.4 is 5.32 Å². The fourth-order valence-corrected chi connectivity index (χ4v) is 2.95. The fraction of sp³-hybridized carbons (Fsp3) is 0.417. The molecule has 0 aromatic heterocycles. The summed E-state index contributed by atoms with van der Waals surface area (Å²) >= 11 is 1.85.